The van der Waals surface area contributed by atoms with Crippen molar-refractivity contribution in [2.75, 3.05) is 6.61 Å². The molecule has 0 aromatic heterocycles. The van der Waals surface area contributed by atoms with Crippen molar-refractivity contribution < 1.29 is 30.0 Å². The van der Waals surface area contributed by atoms with Crippen molar-refractivity contribution in [1.29, 1.82) is 0 Å². The fourth-order valence-electron chi connectivity index (χ4n) is 3.41. The van der Waals surface area contributed by atoms with Crippen LogP contribution in [0.25, 0.3) is 6.15 Å². The van der Waals surface area contributed by atoms with Gasteiger partial charge in [0.15, 0.2) is 0 Å². The summed E-state index contributed by atoms with van der Waals surface area (Å²) < 4.78 is 5.41. The molecule has 0 bridgehead atoms. The number of benzene rings is 2. The van der Waals surface area contributed by atoms with Crippen molar-refractivity contribution >= 4 is 21.6 Å². The molecule has 2 aromatic carbocycles. The molecule has 1 fully saturated rings. The Morgan fingerprint density at radius 3 is 2.52 bits per heavy atom. The van der Waals surface area contributed by atoms with E-state index in [9.17, 15) is 4.79 Å². The van der Waals surface area contributed by atoms with Crippen LogP contribution in [0.1, 0.15) is 37.3 Å². The van der Waals surface area contributed by atoms with E-state index in [1.807, 2.05) is 49.4 Å². The Labute approximate surface area is 191 Å². The third-order valence-electron chi connectivity index (χ3n) is 4.91. The van der Waals surface area contributed by atoms with Gasteiger partial charge in [0, 0.05) is 25.8 Å². The largest absolute Gasteiger partial charge is 0.693 e. The topological polar surface area (TPSA) is 72.2 Å². The number of carbonyl (C=O) groups is 1. The Morgan fingerprint density at radius 2 is 1.93 bits per heavy atom. The molecule has 1 unspecified atom stereocenters. The van der Waals surface area contributed by atoms with Gasteiger partial charge in [-0.05, 0) is 31.7 Å². The summed E-state index contributed by atoms with van der Waals surface area (Å²) in [5, 5.41) is 0. The third-order valence-corrected chi connectivity index (χ3v) is 4.91. The molecule has 0 heterocycles. The summed E-state index contributed by atoms with van der Waals surface area (Å²) in [6, 6.07) is 21.3. The molecule has 0 radical (unpaired) electrons. The van der Waals surface area contributed by atoms with Crippen LogP contribution in [0.3, 0.4) is 0 Å². The number of carbonyl (C=O) groups excluding carboxylic acids is 1. The van der Waals surface area contributed by atoms with Crippen LogP contribution in [0.2, 0.25) is 0 Å². The number of hydrogen-bond donors (Lipinski definition) is 0. The normalized spacial score (nSPS) is 19.0. The predicted molar refractivity (Wildman–Crippen MR) is 120 cm³/mol. The standard InChI is InChI=1S/C23H25NO2.H2N.H3P.Pd/c1-2-26-22(25)23(17-19-9-5-3-6-10-19)15-13-21(14-16-23)24-18-20-11-7-4-8-12-20;;;/h3-9,11-13H,2,14-18H2,1H3;1H2;1H3;/q-2;-1;;/t23-;;;/m1.../s1. The van der Waals surface area contributed by atoms with E-state index in [1.54, 1.807) is 0 Å². The Hall–Kier alpha value is -1.50. The van der Waals surface area contributed by atoms with Crippen molar-refractivity contribution in [1.82, 2.24) is 0 Å². The van der Waals surface area contributed by atoms with E-state index in [0.29, 0.717) is 26.0 Å². The van der Waals surface area contributed by atoms with E-state index in [-0.39, 0.29) is 42.4 Å². The van der Waals surface area contributed by atoms with Crippen LogP contribution in [0.15, 0.2) is 59.6 Å². The molecular formula is C23H30N2O2PPd-3. The zero-order chi connectivity index (χ0) is 18.2. The molecule has 0 aliphatic heterocycles. The Kier molecular flexibility index (Phi) is 13.0. The SMILES string of the molecule is CCOC(=O)[C@]1(Cc2[c-]cccc2)C[CH-]C(=NCc2ccccc2)CC1.P.[NH2-].[Pd]. The minimum absolute atomic E-state index is 0. The summed E-state index contributed by atoms with van der Waals surface area (Å²) in [7, 11) is 0. The van der Waals surface area contributed by atoms with Gasteiger partial charge in [0.25, 0.3) is 0 Å². The second kappa shape index (κ2) is 13.7. The number of nitrogens with two attached hydrogens (primary N) is 1. The van der Waals surface area contributed by atoms with E-state index in [2.05, 4.69) is 24.6 Å². The molecule has 1 aliphatic carbocycles. The zero-order valence-corrected chi connectivity index (χ0v) is 19.8. The van der Waals surface area contributed by atoms with Gasteiger partial charge in [-0.2, -0.15) is 45.8 Å². The summed E-state index contributed by atoms with van der Waals surface area (Å²) in [4.78, 5) is 17.4. The summed E-state index contributed by atoms with van der Waals surface area (Å²) in [6.45, 7) is 2.96. The maximum atomic E-state index is 12.7. The Balaban J connectivity index is 0.00000261. The molecule has 1 saturated carbocycles. The van der Waals surface area contributed by atoms with Crippen molar-refractivity contribution in [2.45, 2.75) is 39.2 Å². The molecule has 0 amide bonds. The van der Waals surface area contributed by atoms with Crippen LogP contribution < -0.4 is 0 Å². The summed E-state index contributed by atoms with van der Waals surface area (Å²) in [5.74, 6) is -0.101. The van der Waals surface area contributed by atoms with Gasteiger partial charge < -0.3 is 22.3 Å². The smallest absolute Gasteiger partial charge is 0.309 e. The predicted octanol–water partition coefficient (Wildman–Crippen LogP) is 5.38. The molecule has 29 heavy (non-hydrogen) atoms. The third kappa shape index (κ3) is 7.68. The Bertz CT molecular complexity index is 744. The second-order valence-electron chi connectivity index (χ2n) is 6.77. The van der Waals surface area contributed by atoms with E-state index < -0.39 is 5.41 Å². The maximum absolute atomic E-state index is 12.7. The van der Waals surface area contributed by atoms with E-state index in [4.69, 9.17) is 9.73 Å². The fourth-order valence-corrected chi connectivity index (χ4v) is 3.41. The van der Waals surface area contributed by atoms with Crippen molar-refractivity contribution in [3.05, 3.63) is 84.4 Å². The molecule has 3 rings (SSSR count). The number of nitrogens with zero attached hydrogens (tertiary/aromatic N) is 1. The number of aliphatic imine (C=N–C) groups is 1. The van der Waals surface area contributed by atoms with Crippen LogP contribution in [0.4, 0.5) is 0 Å². The number of hydrogen-bond acceptors (Lipinski definition) is 3. The quantitative estimate of drug-likeness (QED) is 0.230. The van der Waals surface area contributed by atoms with Crippen LogP contribution in [0, 0.1) is 17.9 Å². The average Bonchev–Trinajstić information content (AvgIpc) is 2.69. The van der Waals surface area contributed by atoms with E-state index in [1.165, 1.54) is 5.56 Å². The van der Waals surface area contributed by atoms with E-state index >= 15 is 0 Å². The monoisotopic (exact) mass is 503 g/mol. The van der Waals surface area contributed by atoms with Crippen LogP contribution in [0.5, 0.6) is 0 Å². The first-order valence-electron chi connectivity index (χ1n) is 9.25. The minimum Gasteiger partial charge on any atom is -0.693 e. The Morgan fingerprint density at radius 1 is 1.21 bits per heavy atom. The van der Waals surface area contributed by atoms with Crippen molar-refractivity contribution in [2.24, 2.45) is 10.4 Å². The van der Waals surface area contributed by atoms with Gasteiger partial charge in [0.2, 0.25) is 0 Å². The van der Waals surface area contributed by atoms with Crippen LogP contribution >= 0.6 is 9.90 Å². The number of rotatable bonds is 6. The van der Waals surface area contributed by atoms with Crippen LogP contribution in [-0.2, 0) is 42.9 Å². The fraction of sp³-hybridized carbons (Fsp3) is 0.348. The first-order chi connectivity index (χ1) is 12.7. The first kappa shape index (κ1) is 27.5. The van der Waals surface area contributed by atoms with E-state index in [0.717, 1.165) is 24.1 Å². The minimum atomic E-state index is -0.500. The summed E-state index contributed by atoms with van der Waals surface area (Å²) >= 11 is 0. The number of esters is 1. The first-order valence-corrected chi connectivity index (χ1v) is 9.25. The molecule has 4 nitrogen and oxygen atoms in total. The molecule has 0 saturated heterocycles. The molecule has 2 aromatic rings. The summed E-state index contributed by atoms with van der Waals surface area (Å²) in [5.41, 5.74) is 2.85. The van der Waals surface area contributed by atoms with Crippen molar-refractivity contribution in [3.63, 3.8) is 0 Å². The molecule has 2 N–H and O–H groups in total. The number of ether oxygens (including phenoxy) is 1. The second-order valence-corrected chi connectivity index (χ2v) is 6.77. The summed E-state index contributed by atoms with van der Waals surface area (Å²) in [6.07, 6.45) is 5.01. The molecule has 1 aliphatic rings. The zero-order valence-electron chi connectivity index (χ0n) is 16.9. The van der Waals surface area contributed by atoms with Gasteiger partial charge in [-0.1, -0.05) is 30.3 Å². The van der Waals surface area contributed by atoms with Gasteiger partial charge in [0.05, 0.1) is 13.2 Å². The van der Waals surface area contributed by atoms with Gasteiger partial charge in [0.1, 0.15) is 0 Å². The van der Waals surface area contributed by atoms with Crippen LogP contribution in [-0.4, -0.2) is 18.3 Å². The van der Waals surface area contributed by atoms with Gasteiger partial charge >= 0.3 is 5.97 Å². The average molecular weight is 504 g/mol. The van der Waals surface area contributed by atoms with Gasteiger partial charge in [-0.15, -0.1) is 12.1 Å². The van der Waals surface area contributed by atoms with Crippen molar-refractivity contribution in [3.8, 4) is 0 Å². The molecule has 2 atom stereocenters. The van der Waals surface area contributed by atoms with Gasteiger partial charge in [-0.25, -0.2) is 0 Å². The molecule has 0 spiro atoms. The molecule has 162 valence electrons. The molecule has 6 heteroatoms. The molecular weight excluding hydrogens is 474 g/mol. The maximum Gasteiger partial charge on any atom is 0.309 e. The van der Waals surface area contributed by atoms with Gasteiger partial charge in [-0.3, -0.25) is 4.79 Å².